The normalized spacial score (nSPS) is 24.5. The Morgan fingerprint density at radius 1 is 1.43 bits per heavy atom. The molecular weight excluding hydrogens is 328 g/mol. The quantitative estimate of drug-likeness (QED) is 0.610. The second-order valence-electron chi connectivity index (χ2n) is 5.62. The van der Waals surface area contributed by atoms with Crippen LogP contribution in [0.25, 0.3) is 0 Å². The van der Waals surface area contributed by atoms with Crippen LogP contribution in [0.5, 0.6) is 0 Å². The number of carbonyl (C=O) groups is 1. The van der Waals surface area contributed by atoms with E-state index in [1.807, 2.05) is 0 Å². The van der Waals surface area contributed by atoms with Crippen LogP contribution in [-0.2, 0) is 27.6 Å². The van der Waals surface area contributed by atoms with Gasteiger partial charge in [0.1, 0.15) is 0 Å². The fourth-order valence-corrected chi connectivity index (χ4v) is 3.40. The lowest BCUT2D eigenvalue weighted by atomic mass is 10.0. The Balaban J connectivity index is 1.68. The van der Waals surface area contributed by atoms with Crippen molar-refractivity contribution in [2.75, 3.05) is 13.1 Å². The van der Waals surface area contributed by atoms with Gasteiger partial charge in [0.25, 0.3) is 0 Å². The molecule has 3 heterocycles. The molecule has 12 heteroatoms. The molecule has 2 saturated heterocycles. The number of hydrogen-bond acceptors (Lipinski definition) is 7. The van der Waals surface area contributed by atoms with Gasteiger partial charge in [0.05, 0.1) is 24.3 Å². The second-order valence-corrected chi connectivity index (χ2v) is 6.62. The number of amides is 2. The second kappa shape index (κ2) is 6.03. The molecule has 1 aromatic heterocycles. The molecule has 2 atom stereocenters. The maximum Gasteiger partial charge on any atom is 0.418 e. The number of hydroxylamine groups is 2. The molecule has 128 valence electrons. The number of urea groups is 1. The third-order valence-electron chi connectivity index (χ3n) is 4.01. The molecule has 2 fully saturated rings. The van der Waals surface area contributed by atoms with E-state index in [-0.39, 0.29) is 12.1 Å². The van der Waals surface area contributed by atoms with E-state index in [0.29, 0.717) is 38.9 Å². The summed E-state index contributed by atoms with van der Waals surface area (Å²) < 4.78 is 36.5. The third kappa shape index (κ3) is 3.44. The average molecular weight is 346 g/mol. The molecule has 3 N–H and O–H groups in total. The average Bonchev–Trinajstić information content (AvgIpc) is 3.00. The molecule has 1 aromatic rings. The Hall–Kier alpha value is -1.76. The number of carbonyl (C=O) groups excluding carboxylic acids is 1. The van der Waals surface area contributed by atoms with Crippen LogP contribution < -0.4 is 5.73 Å². The third-order valence-corrected chi connectivity index (χ3v) is 4.36. The molecule has 0 aliphatic carbocycles. The Kier molecular flexibility index (Phi) is 4.23. The van der Waals surface area contributed by atoms with Crippen molar-refractivity contribution in [1.29, 1.82) is 0 Å². The van der Waals surface area contributed by atoms with Crippen LogP contribution in [0.15, 0.2) is 6.20 Å². The number of rotatable bonds is 6. The van der Waals surface area contributed by atoms with Crippen molar-refractivity contribution in [2.45, 2.75) is 37.9 Å². The van der Waals surface area contributed by atoms with E-state index < -0.39 is 16.4 Å². The number of nitrogens with two attached hydrogens (primary N) is 1. The van der Waals surface area contributed by atoms with Gasteiger partial charge in [0.2, 0.25) is 0 Å². The van der Waals surface area contributed by atoms with Crippen molar-refractivity contribution in [1.82, 2.24) is 25.0 Å². The first kappa shape index (κ1) is 16.1. The van der Waals surface area contributed by atoms with Crippen LogP contribution in [0.2, 0.25) is 0 Å². The predicted octanol–water partition coefficient (Wildman–Crippen LogP) is -1.22. The van der Waals surface area contributed by atoms with Crippen molar-refractivity contribution < 1.29 is 22.0 Å². The van der Waals surface area contributed by atoms with Gasteiger partial charge in [-0.25, -0.2) is 4.79 Å². The highest BCUT2D eigenvalue weighted by Crippen LogP contribution is 2.31. The molecule has 0 aromatic carbocycles. The lowest BCUT2D eigenvalue weighted by Crippen LogP contribution is -2.42. The van der Waals surface area contributed by atoms with E-state index in [0.717, 1.165) is 10.8 Å². The Morgan fingerprint density at radius 2 is 2.22 bits per heavy atom. The topological polar surface area (TPSA) is 144 Å². The van der Waals surface area contributed by atoms with Gasteiger partial charge in [0.15, 0.2) is 0 Å². The lowest BCUT2D eigenvalue weighted by Gasteiger charge is -2.30. The fourth-order valence-electron chi connectivity index (χ4n) is 3.01. The molecule has 3 rings (SSSR count). The smallest absolute Gasteiger partial charge is 0.330 e. The summed E-state index contributed by atoms with van der Waals surface area (Å²) in [4.78, 5) is 13.8. The molecule has 2 amide bonds. The number of nitrogens with zero attached hydrogens (tertiary/aromatic N) is 5. The molecule has 0 saturated carbocycles. The molecule has 0 radical (unpaired) electrons. The summed E-state index contributed by atoms with van der Waals surface area (Å²) in [5.74, 6) is 0. The van der Waals surface area contributed by atoms with Crippen molar-refractivity contribution in [3.8, 4) is 0 Å². The maximum absolute atomic E-state index is 12.3. The van der Waals surface area contributed by atoms with E-state index in [9.17, 15) is 13.2 Å². The van der Waals surface area contributed by atoms with Crippen LogP contribution >= 0.6 is 0 Å². The molecule has 23 heavy (non-hydrogen) atoms. The van der Waals surface area contributed by atoms with Gasteiger partial charge in [-0.1, -0.05) is 5.21 Å². The van der Waals surface area contributed by atoms with Crippen LogP contribution in [0.4, 0.5) is 4.79 Å². The van der Waals surface area contributed by atoms with Gasteiger partial charge in [-0.05, 0) is 19.4 Å². The number of piperidine rings is 1. The lowest BCUT2D eigenvalue weighted by molar-refractivity contribution is -0.0317. The summed E-state index contributed by atoms with van der Waals surface area (Å²) >= 11 is 0. The maximum atomic E-state index is 12.3. The molecule has 0 spiro atoms. The van der Waals surface area contributed by atoms with Gasteiger partial charge in [0, 0.05) is 19.2 Å². The van der Waals surface area contributed by atoms with Gasteiger partial charge in [-0.15, -0.1) is 9.38 Å². The van der Waals surface area contributed by atoms with Crippen molar-refractivity contribution in [3.05, 3.63) is 11.9 Å². The summed E-state index contributed by atoms with van der Waals surface area (Å²) in [6.45, 7) is 1.29. The first-order valence-electron chi connectivity index (χ1n) is 7.23. The van der Waals surface area contributed by atoms with Gasteiger partial charge >= 0.3 is 16.4 Å². The van der Waals surface area contributed by atoms with Crippen LogP contribution in [-0.4, -0.2) is 69.1 Å². The fraction of sp³-hybridized carbons (Fsp3) is 0.727. The molecule has 2 unspecified atom stereocenters. The number of aromatic nitrogens is 3. The van der Waals surface area contributed by atoms with Crippen LogP contribution in [0, 0.1) is 0 Å². The summed E-state index contributed by atoms with van der Waals surface area (Å²) in [5, 5.41) is 8.74. The summed E-state index contributed by atoms with van der Waals surface area (Å²) in [5.41, 5.74) is 6.25. The van der Waals surface area contributed by atoms with E-state index in [1.165, 1.54) is 4.90 Å². The van der Waals surface area contributed by atoms with Gasteiger partial charge < -0.3 is 10.6 Å². The van der Waals surface area contributed by atoms with E-state index in [1.54, 1.807) is 10.9 Å². The minimum atomic E-state index is -4.72. The predicted molar refractivity (Wildman–Crippen MR) is 76.2 cm³/mol. The first-order valence-corrected chi connectivity index (χ1v) is 8.60. The van der Waals surface area contributed by atoms with Crippen molar-refractivity contribution >= 4 is 16.4 Å². The minimum Gasteiger partial charge on any atom is -0.330 e. The Bertz CT molecular complexity index is 691. The van der Waals surface area contributed by atoms with Gasteiger partial charge in [-0.3, -0.25) is 9.23 Å². The van der Waals surface area contributed by atoms with Crippen LogP contribution in [0.1, 0.15) is 18.5 Å². The van der Waals surface area contributed by atoms with Gasteiger partial charge in [-0.2, -0.15) is 13.5 Å². The first-order chi connectivity index (χ1) is 10.9. The zero-order valence-electron chi connectivity index (χ0n) is 12.3. The largest absolute Gasteiger partial charge is 0.418 e. The number of fused-ring (bicyclic) bond motifs is 2. The highest BCUT2D eigenvalue weighted by Gasteiger charge is 2.47. The highest BCUT2D eigenvalue weighted by molar-refractivity contribution is 7.80. The zero-order chi connectivity index (χ0) is 16.6. The van der Waals surface area contributed by atoms with Crippen molar-refractivity contribution in [3.63, 3.8) is 0 Å². The Labute approximate surface area is 132 Å². The number of hydrogen-bond donors (Lipinski definition) is 2. The SMILES string of the molecule is NCCc1cn(CC2CCC3CN2C(=O)N3OS(=O)(=O)O)nn1. The zero-order valence-corrected chi connectivity index (χ0v) is 13.1. The summed E-state index contributed by atoms with van der Waals surface area (Å²) in [7, 11) is -4.72. The summed E-state index contributed by atoms with van der Waals surface area (Å²) in [6, 6.07) is -1.09. The molecule has 2 bridgehead atoms. The summed E-state index contributed by atoms with van der Waals surface area (Å²) in [6.07, 6.45) is 3.66. The van der Waals surface area contributed by atoms with E-state index in [4.69, 9.17) is 10.3 Å². The molecular formula is C11H18N6O5S. The Morgan fingerprint density at radius 3 is 2.91 bits per heavy atom. The molecule has 2 aliphatic heterocycles. The van der Waals surface area contributed by atoms with Crippen LogP contribution in [0.3, 0.4) is 0 Å². The molecule has 11 nitrogen and oxygen atoms in total. The highest BCUT2D eigenvalue weighted by atomic mass is 32.3. The van der Waals surface area contributed by atoms with E-state index >= 15 is 0 Å². The monoisotopic (exact) mass is 346 g/mol. The van der Waals surface area contributed by atoms with E-state index in [2.05, 4.69) is 14.6 Å². The molecule has 2 aliphatic rings. The minimum absolute atomic E-state index is 0.138. The van der Waals surface area contributed by atoms with Crippen molar-refractivity contribution in [2.24, 2.45) is 5.73 Å². The standard InChI is InChI=1S/C11H18N6O5S/c12-4-3-8-5-15(14-13-8)6-9-1-2-10-7-16(9)11(18)17(10)22-23(19,20)21/h5,9-10H,1-4,6-7,12H2,(H,19,20,21).